The van der Waals surface area contributed by atoms with Crippen molar-refractivity contribution in [2.45, 2.75) is 25.3 Å². The quantitative estimate of drug-likeness (QED) is 0.821. The van der Waals surface area contributed by atoms with E-state index < -0.39 is 28.9 Å². The monoisotopic (exact) mass is 251 g/mol. The molecule has 0 aliphatic heterocycles. The van der Waals surface area contributed by atoms with Crippen molar-refractivity contribution in [1.29, 1.82) is 0 Å². The third kappa shape index (κ3) is 1.59. The Hall–Kier alpha value is -1.29. The van der Waals surface area contributed by atoms with Gasteiger partial charge in [0.2, 0.25) is 0 Å². The molecule has 0 spiro atoms. The van der Waals surface area contributed by atoms with Crippen LogP contribution in [0.15, 0.2) is 18.2 Å². The maximum absolute atomic E-state index is 13.6. The lowest BCUT2D eigenvalue weighted by atomic mass is 9.80. The van der Waals surface area contributed by atoms with Crippen LogP contribution in [0, 0.1) is 29.4 Å². The number of carbonyl (C=O) groups is 1. The van der Waals surface area contributed by atoms with Crippen LogP contribution in [-0.4, -0.2) is 11.8 Å². The van der Waals surface area contributed by atoms with Gasteiger partial charge in [-0.25, -0.2) is 8.78 Å². The second-order valence-corrected chi connectivity index (χ2v) is 5.40. The van der Waals surface area contributed by atoms with Crippen LogP contribution in [0.5, 0.6) is 0 Å². The number of hydrogen-bond acceptors (Lipinski definition) is 2. The van der Waals surface area contributed by atoms with Crippen LogP contribution in [0.2, 0.25) is 0 Å². The lowest BCUT2D eigenvalue weighted by molar-refractivity contribution is 0.0847. The number of hydrogen-bond donors (Lipinski definition) is 1. The van der Waals surface area contributed by atoms with Crippen molar-refractivity contribution in [3.05, 3.63) is 35.4 Å². The van der Waals surface area contributed by atoms with Crippen molar-refractivity contribution in [2.75, 3.05) is 0 Å². The molecular formula is C14H15F2NO. The molecule has 96 valence electrons. The largest absolute Gasteiger partial charge is 0.327 e. The molecule has 2 aliphatic carbocycles. The van der Waals surface area contributed by atoms with Crippen LogP contribution in [0.4, 0.5) is 8.78 Å². The zero-order valence-corrected chi connectivity index (χ0v) is 9.90. The molecule has 1 aromatic rings. The third-order valence-corrected chi connectivity index (χ3v) is 4.49. The van der Waals surface area contributed by atoms with E-state index in [0.29, 0.717) is 5.92 Å². The van der Waals surface area contributed by atoms with Crippen molar-refractivity contribution in [2.24, 2.45) is 23.5 Å². The molecule has 0 amide bonds. The van der Waals surface area contributed by atoms with Gasteiger partial charge in [0.1, 0.15) is 11.6 Å². The first-order valence-electron chi connectivity index (χ1n) is 6.33. The molecule has 2 saturated carbocycles. The first-order valence-corrected chi connectivity index (χ1v) is 6.33. The van der Waals surface area contributed by atoms with E-state index in [1.54, 1.807) is 0 Å². The summed E-state index contributed by atoms with van der Waals surface area (Å²) in [7, 11) is 0. The Morgan fingerprint density at radius 3 is 2.33 bits per heavy atom. The van der Waals surface area contributed by atoms with E-state index in [1.807, 2.05) is 0 Å². The van der Waals surface area contributed by atoms with Gasteiger partial charge in [-0.2, -0.15) is 0 Å². The summed E-state index contributed by atoms with van der Waals surface area (Å²) in [6.07, 6.45) is 2.91. The van der Waals surface area contributed by atoms with Crippen LogP contribution >= 0.6 is 0 Å². The zero-order chi connectivity index (χ0) is 12.9. The molecule has 0 radical (unpaired) electrons. The minimum absolute atomic E-state index is 0.205. The van der Waals surface area contributed by atoms with Crippen molar-refractivity contribution in [3.63, 3.8) is 0 Å². The van der Waals surface area contributed by atoms with Crippen molar-refractivity contribution in [1.82, 2.24) is 0 Å². The second kappa shape index (κ2) is 4.12. The second-order valence-electron chi connectivity index (χ2n) is 5.40. The fourth-order valence-corrected chi connectivity index (χ4v) is 3.62. The summed E-state index contributed by atoms with van der Waals surface area (Å²) in [5.74, 6) is -1.87. The Morgan fingerprint density at radius 2 is 1.78 bits per heavy atom. The van der Waals surface area contributed by atoms with Gasteiger partial charge in [0.05, 0.1) is 5.56 Å². The molecule has 2 fully saturated rings. The van der Waals surface area contributed by atoms with E-state index in [2.05, 4.69) is 0 Å². The molecule has 0 saturated heterocycles. The Bertz CT molecular complexity index is 480. The van der Waals surface area contributed by atoms with Crippen LogP contribution in [0.3, 0.4) is 0 Å². The van der Waals surface area contributed by atoms with Gasteiger partial charge in [0.25, 0.3) is 0 Å². The summed E-state index contributed by atoms with van der Waals surface area (Å²) in [5.41, 5.74) is 5.63. The van der Waals surface area contributed by atoms with Gasteiger partial charge in [0, 0.05) is 12.0 Å². The molecular weight excluding hydrogens is 236 g/mol. The fraction of sp³-hybridized carbons (Fsp3) is 0.500. The van der Waals surface area contributed by atoms with Gasteiger partial charge in [-0.15, -0.1) is 0 Å². The van der Waals surface area contributed by atoms with Gasteiger partial charge < -0.3 is 5.73 Å². The molecule has 0 heterocycles. The summed E-state index contributed by atoms with van der Waals surface area (Å²) in [6, 6.07) is 3.27. The van der Waals surface area contributed by atoms with Crippen LogP contribution in [0.1, 0.15) is 29.6 Å². The van der Waals surface area contributed by atoms with E-state index >= 15 is 0 Å². The maximum atomic E-state index is 13.6. The number of benzene rings is 1. The average Bonchev–Trinajstić information content (AvgIpc) is 2.88. The van der Waals surface area contributed by atoms with Crippen molar-refractivity contribution >= 4 is 5.78 Å². The van der Waals surface area contributed by atoms with Crippen molar-refractivity contribution in [3.8, 4) is 0 Å². The highest BCUT2D eigenvalue weighted by Gasteiger charge is 2.49. The highest BCUT2D eigenvalue weighted by atomic mass is 19.1. The highest BCUT2D eigenvalue weighted by Crippen LogP contribution is 2.48. The first-order chi connectivity index (χ1) is 8.59. The molecule has 4 heteroatoms. The summed E-state index contributed by atoms with van der Waals surface area (Å²) >= 11 is 0. The Balaban J connectivity index is 1.96. The van der Waals surface area contributed by atoms with Gasteiger partial charge in [0.15, 0.2) is 5.78 Å². The summed E-state index contributed by atoms with van der Waals surface area (Å²) in [5, 5.41) is 0. The van der Waals surface area contributed by atoms with Gasteiger partial charge >= 0.3 is 0 Å². The number of ketones is 1. The van der Waals surface area contributed by atoms with E-state index in [-0.39, 0.29) is 12.0 Å². The summed E-state index contributed by atoms with van der Waals surface area (Å²) < 4.78 is 27.2. The van der Waals surface area contributed by atoms with Gasteiger partial charge in [-0.05, 0) is 43.2 Å². The number of rotatable bonds is 2. The van der Waals surface area contributed by atoms with E-state index in [4.69, 9.17) is 5.73 Å². The molecule has 2 N–H and O–H groups in total. The van der Waals surface area contributed by atoms with Gasteiger partial charge in [-0.1, -0.05) is 6.07 Å². The summed E-state index contributed by atoms with van der Waals surface area (Å²) in [6.45, 7) is 0. The third-order valence-electron chi connectivity index (χ3n) is 4.49. The molecule has 1 aromatic carbocycles. The molecule has 3 rings (SSSR count). The summed E-state index contributed by atoms with van der Waals surface area (Å²) in [4.78, 5) is 12.3. The average molecular weight is 251 g/mol. The van der Waals surface area contributed by atoms with Crippen LogP contribution in [0.25, 0.3) is 0 Å². The molecule has 2 bridgehead atoms. The van der Waals surface area contributed by atoms with Crippen LogP contribution < -0.4 is 5.73 Å². The lowest BCUT2D eigenvalue weighted by Gasteiger charge is -2.27. The SMILES string of the molecule is NC1C2CCC(C2)C1C(=O)c1c(F)cccc1F. The normalized spacial score (nSPS) is 33.9. The maximum Gasteiger partial charge on any atom is 0.173 e. The Kier molecular flexibility index (Phi) is 2.70. The van der Waals surface area contributed by atoms with E-state index in [1.165, 1.54) is 6.07 Å². The zero-order valence-electron chi connectivity index (χ0n) is 9.90. The molecule has 0 aromatic heterocycles. The molecule has 4 atom stereocenters. The predicted molar refractivity (Wildman–Crippen MR) is 63.0 cm³/mol. The number of halogens is 2. The van der Waals surface area contributed by atoms with Crippen LogP contribution in [-0.2, 0) is 0 Å². The minimum atomic E-state index is -0.782. The standard InChI is InChI=1S/C14H15F2NO/c15-9-2-1-3-10(16)12(9)14(18)11-7-4-5-8(6-7)13(11)17/h1-3,7-8,11,13H,4-6,17H2. The first kappa shape index (κ1) is 11.8. The molecule has 2 nitrogen and oxygen atoms in total. The highest BCUT2D eigenvalue weighted by molar-refractivity contribution is 5.99. The lowest BCUT2D eigenvalue weighted by Crippen LogP contribution is -2.40. The molecule has 4 unspecified atom stereocenters. The topological polar surface area (TPSA) is 43.1 Å². The minimum Gasteiger partial charge on any atom is -0.327 e. The van der Waals surface area contributed by atoms with E-state index in [9.17, 15) is 13.6 Å². The number of Topliss-reactive ketones (excluding diaryl/α,β-unsaturated/α-hetero) is 1. The molecule has 2 aliphatic rings. The number of nitrogens with two attached hydrogens (primary N) is 1. The predicted octanol–water partition coefficient (Wildman–Crippen LogP) is 2.52. The van der Waals surface area contributed by atoms with Gasteiger partial charge in [-0.3, -0.25) is 4.79 Å². The Labute approximate surface area is 104 Å². The smallest absolute Gasteiger partial charge is 0.173 e. The number of carbonyl (C=O) groups excluding carboxylic acids is 1. The van der Waals surface area contributed by atoms with Crippen molar-refractivity contribution < 1.29 is 13.6 Å². The van der Waals surface area contributed by atoms with E-state index in [0.717, 1.165) is 31.4 Å². The molecule has 18 heavy (non-hydrogen) atoms. The number of fused-ring (bicyclic) bond motifs is 2. The fourth-order valence-electron chi connectivity index (χ4n) is 3.62. The Morgan fingerprint density at radius 1 is 1.17 bits per heavy atom.